The van der Waals surface area contributed by atoms with Crippen molar-refractivity contribution in [2.45, 2.75) is 32.5 Å². The van der Waals surface area contributed by atoms with Crippen LogP contribution < -0.4 is 5.73 Å². The number of benzene rings is 1. The molecule has 1 heterocycles. The predicted octanol–water partition coefficient (Wildman–Crippen LogP) is 3.94. The Morgan fingerprint density at radius 3 is 2.29 bits per heavy atom. The van der Waals surface area contributed by atoms with Gasteiger partial charge in [0.05, 0.1) is 6.04 Å². The summed E-state index contributed by atoms with van der Waals surface area (Å²) in [5, 5.41) is 2.00. The van der Waals surface area contributed by atoms with Gasteiger partial charge in [0.15, 0.2) is 0 Å². The van der Waals surface area contributed by atoms with Crippen LogP contribution in [0.2, 0.25) is 0 Å². The van der Waals surface area contributed by atoms with E-state index < -0.39 is 17.7 Å². The monoisotopic (exact) mass is 310 g/mol. The van der Waals surface area contributed by atoms with E-state index in [0.717, 1.165) is 4.88 Å². The van der Waals surface area contributed by atoms with Crippen LogP contribution in [0, 0.1) is 11.6 Å². The van der Waals surface area contributed by atoms with Gasteiger partial charge in [-0.2, -0.15) is 0 Å². The lowest BCUT2D eigenvalue weighted by molar-refractivity contribution is 0.143. The fourth-order valence-electron chi connectivity index (χ4n) is 2.48. The molecule has 2 aromatic rings. The summed E-state index contributed by atoms with van der Waals surface area (Å²) in [7, 11) is 0. The Labute approximate surface area is 128 Å². The van der Waals surface area contributed by atoms with Gasteiger partial charge >= 0.3 is 0 Å². The highest BCUT2D eigenvalue weighted by Crippen LogP contribution is 2.29. The highest BCUT2D eigenvalue weighted by molar-refractivity contribution is 7.09. The molecule has 0 radical (unpaired) electrons. The number of hydrogen-bond acceptors (Lipinski definition) is 3. The first-order valence-corrected chi connectivity index (χ1v) is 7.84. The second-order valence-electron chi connectivity index (χ2n) is 5.23. The molecule has 2 nitrogen and oxygen atoms in total. The lowest BCUT2D eigenvalue weighted by atomic mass is 10.0. The molecular weight excluding hydrogens is 290 g/mol. The van der Waals surface area contributed by atoms with Gasteiger partial charge in [0, 0.05) is 29.6 Å². The molecule has 0 fully saturated rings. The topological polar surface area (TPSA) is 29.3 Å². The average molecular weight is 310 g/mol. The van der Waals surface area contributed by atoms with Crippen molar-refractivity contribution >= 4 is 11.3 Å². The average Bonchev–Trinajstić information content (AvgIpc) is 2.94. The number of nitrogens with two attached hydrogens (primary N) is 1. The SMILES string of the molecule is CC(C)N(Cc1cccs1)C(CN)c1c(F)cccc1F. The van der Waals surface area contributed by atoms with Crippen molar-refractivity contribution in [2.24, 2.45) is 5.73 Å². The van der Waals surface area contributed by atoms with Gasteiger partial charge in [0.1, 0.15) is 11.6 Å². The third-order valence-electron chi connectivity index (χ3n) is 3.54. The summed E-state index contributed by atoms with van der Waals surface area (Å²) in [6.07, 6.45) is 0. The Hall–Kier alpha value is -1.30. The van der Waals surface area contributed by atoms with Crippen molar-refractivity contribution < 1.29 is 8.78 Å². The highest BCUT2D eigenvalue weighted by Gasteiger charge is 2.27. The van der Waals surface area contributed by atoms with Gasteiger partial charge in [-0.15, -0.1) is 11.3 Å². The lowest BCUT2D eigenvalue weighted by Crippen LogP contribution is -2.39. The molecule has 1 atom stereocenters. The molecule has 1 unspecified atom stereocenters. The summed E-state index contributed by atoms with van der Waals surface area (Å²) < 4.78 is 28.1. The van der Waals surface area contributed by atoms with Crippen LogP contribution in [0.15, 0.2) is 35.7 Å². The Bertz CT molecular complexity index is 549. The minimum atomic E-state index is -0.540. The van der Waals surface area contributed by atoms with E-state index in [0.29, 0.717) is 6.54 Å². The minimum absolute atomic E-state index is 0.0604. The maximum Gasteiger partial charge on any atom is 0.130 e. The molecule has 0 aliphatic heterocycles. The molecule has 0 bridgehead atoms. The van der Waals surface area contributed by atoms with Crippen molar-refractivity contribution in [3.05, 3.63) is 57.8 Å². The van der Waals surface area contributed by atoms with Gasteiger partial charge in [-0.1, -0.05) is 12.1 Å². The Kier molecular flexibility index (Phi) is 5.45. The van der Waals surface area contributed by atoms with Gasteiger partial charge in [-0.05, 0) is 37.4 Å². The summed E-state index contributed by atoms with van der Waals surface area (Å²) in [6, 6.07) is 7.58. The van der Waals surface area contributed by atoms with E-state index in [2.05, 4.69) is 0 Å². The van der Waals surface area contributed by atoms with Crippen molar-refractivity contribution in [1.82, 2.24) is 4.90 Å². The third-order valence-corrected chi connectivity index (χ3v) is 4.40. The molecule has 0 amide bonds. The van der Waals surface area contributed by atoms with Crippen molar-refractivity contribution in [1.29, 1.82) is 0 Å². The van der Waals surface area contributed by atoms with Gasteiger partial charge < -0.3 is 5.73 Å². The summed E-state index contributed by atoms with van der Waals surface area (Å²) >= 11 is 1.63. The molecule has 0 saturated heterocycles. The van der Waals surface area contributed by atoms with E-state index in [-0.39, 0.29) is 18.2 Å². The fourth-order valence-corrected chi connectivity index (χ4v) is 3.20. The quantitative estimate of drug-likeness (QED) is 0.876. The zero-order chi connectivity index (χ0) is 15.4. The molecule has 0 spiro atoms. The van der Waals surface area contributed by atoms with Crippen LogP contribution in [-0.4, -0.2) is 17.5 Å². The van der Waals surface area contributed by atoms with Crippen molar-refractivity contribution in [3.8, 4) is 0 Å². The first-order chi connectivity index (χ1) is 10.0. The van der Waals surface area contributed by atoms with E-state index in [4.69, 9.17) is 5.73 Å². The molecule has 1 aromatic heterocycles. The summed E-state index contributed by atoms with van der Waals surface area (Å²) in [6.45, 7) is 4.82. The predicted molar refractivity (Wildman–Crippen MR) is 83.2 cm³/mol. The Balaban J connectivity index is 2.36. The standard InChI is InChI=1S/C16H20F2N2S/c1-11(2)20(10-12-5-4-8-21-12)15(9-19)16-13(17)6-3-7-14(16)18/h3-8,11,15H,9-10,19H2,1-2H3. The van der Waals surface area contributed by atoms with Gasteiger partial charge in [0.25, 0.3) is 0 Å². The van der Waals surface area contributed by atoms with Crippen LogP contribution >= 0.6 is 11.3 Å². The molecular formula is C16H20F2N2S. The largest absolute Gasteiger partial charge is 0.329 e. The van der Waals surface area contributed by atoms with Gasteiger partial charge in [0.2, 0.25) is 0 Å². The second kappa shape index (κ2) is 7.11. The Morgan fingerprint density at radius 2 is 1.81 bits per heavy atom. The van der Waals surface area contributed by atoms with Crippen LogP contribution in [0.4, 0.5) is 8.78 Å². The zero-order valence-electron chi connectivity index (χ0n) is 12.2. The van der Waals surface area contributed by atoms with E-state index in [1.807, 2.05) is 36.3 Å². The van der Waals surface area contributed by atoms with Gasteiger partial charge in [-0.3, -0.25) is 4.90 Å². The molecule has 2 N–H and O–H groups in total. The third kappa shape index (κ3) is 3.67. The molecule has 114 valence electrons. The first kappa shape index (κ1) is 16.1. The zero-order valence-corrected chi connectivity index (χ0v) is 13.0. The van der Waals surface area contributed by atoms with Crippen LogP contribution in [0.25, 0.3) is 0 Å². The molecule has 21 heavy (non-hydrogen) atoms. The summed E-state index contributed by atoms with van der Waals surface area (Å²) in [4.78, 5) is 3.19. The second-order valence-corrected chi connectivity index (χ2v) is 6.26. The van der Waals surface area contributed by atoms with E-state index in [1.54, 1.807) is 11.3 Å². The minimum Gasteiger partial charge on any atom is -0.329 e. The van der Waals surface area contributed by atoms with E-state index >= 15 is 0 Å². The van der Waals surface area contributed by atoms with Crippen molar-refractivity contribution in [2.75, 3.05) is 6.54 Å². The van der Waals surface area contributed by atoms with Crippen LogP contribution in [-0.2, 0) is 6.54 Å². The Morgan fingerprint density at radius 1 is 1.14 bits per heavy atom. The van der Waals surface area contributed by atoms with E-state index in [1.165, 1.54) is 18.2 Å². The fraction of sp³-hybridized carbons (Fsp3) is 0.375. The maximum absolute atomic E-state index is 14.1. The van der Waals surface area contributed by atoms with E-state index in [9.17, 15) is 8.78 Å². The van der Waals surface area contributed by atoms with Gasteiger partial charge in [-0.25, -0.2) is 8.78 Å². The molecule has 0 aliphatic carbocycles. The highest BCUT2D eigenvalue weighted by atomic mass is 32.1. The smallest absolute Gasteiger partial charge is 0.130 e. The molecule has 1 aromatic carbocycles. The van der Waals surface area contributed by atoms with Crippen LogP contribution in [0.1, 0.15) is 30.3 Å². The first-order valence-electron chi connectivity index (χ1n) is 6.96. The summed E-state index contributed by atoms with van der Waals surface area (Å²) in [5.41, 5.74) is 5.90. The normalized spacial score (nSPS) is 13.1. The lowest BCUT2D eigenvalue weighted by Gasteiger charge is -2.34. The molecule has 5 heteroatoms. The number of rotatable bonds is 6. The number of thiophene rings is 1. The maximum atomic E-state index is 14.1. The van der Waals surface area contributed by atoms with Crippen LogP contribution in [0.5, 0.6) is 0 Å². The number of halogens is 2. The van der Waals surface area contributed by atoms with Crippen molar-refractivity contribution in [3.63, 3.8) is 0 Å². The number of nitrogens with zero attached hydrogens (tertiary/aromatic N) is 1. The summed E-state index contributed by atoms with van der Waals surface area (Å²) in [5.74, 6) is -1.08. The molecule has 2 rings (SSSR count). The molecule has 0 saturated carbocycles. The molecule has 0 aliphatic rings. The van der Waals surface area contributed by atoms with Crippen LogP contribution in [0.3, 0.4) is 0 Å². The number of hydrogen-bond donors (Lipinski definition) is 1.